The van der Waals surface area contributed by atoms with Gasteiger partial charge in [0.1, 0.15) is 5.60 Å². The van der Waals surface area contributed by atoms with E-state index in [0.717, 1.165) is 16.7 Å². The first kappa shape index (κ1) is 29.4. The van der Waals surface area contributed by atoms with Crippen molar-refractivity contribution in [2.45, 2.75) is 65.3 Å². The van der Waals surface area contributed by atoms with Gasteiger partial charge in [0.05, 0.1) is 18.2 Å². The molecular formula is C33H39N3O6. The molecular weight excluding hydrogens is 534 g/mol. The lowest BCUT2D eigenvalue weighted by atomic mass is 9.89. The van der Waals surface area contributed by atoms with Crippen molar-refractivity contribution >= 4 is 18.0 Å². The molecule has 9 nitrogen and oxygen atoms in total. The van der Waals surface area contributed by atoms with Crippen molar-refractivity contribution in [1.82, 2.24) is 14.4 Å². The maximum absolute atomic E-state index is 14.6. The van der Waals surface area contributed by atoms with E-state index in [-0.39, 0.29) is 23.6 Å². The number of amides is 2. The third-order valence-corrected chi connectivity index (χ3v) is 8.25. The van der Waals surface area contributed by atoms with Crippen LogP contribution in [0.25, 0.3) is 11.3 Å². The second-order valence-electron chi connectivity index (χ2n) is 12.2. The summed E-state index contributed by atoms with van der Waals surface area (Å²) in [4.78, 5) is 43.0. The molecule has 0 fully saturated rings. The van der Waals surface area contributed by atoms with E-state index < -0.39 is 11.6 Å². The van der Waals surface area contributed by atoms with Crippen LogP contribution in [0.15, 0.2) is 42.5 Å². The highest BCUT2D eigenvalue weighted by molar-refractivity contribution is 6.02. The van der Waals surface area contributed by atoms with Gasteiger partial charge in [-0.2, -0.15) is 0 Å². The number of nitrogens with zero attached hydrogens (tertiary/aromatic N) is 3. The van der Waals surface area contributed by atoms with Crippen molar-refractivity contribution in [3.63, 3.8) is 0 Å². The van der Waals surface area contributed by atoms with Gasteiger partial charge < -0.3 is 28.9 Å². The second-order valence-corrected chi connectivity index (χ2v) is 12.2. The molecule has 1 atom stereocenters. The Hall–Kier alpha value is -4.11. The molecule has 5 rings (SSSR count). The number of carboxylic acid groups (broad SMARTS) is 1. The van der Waals surface area contributed by atoms with E-state index in [9.17, 15) is 19.5 Å². The lowest BCUT2D eigenvalue weighted by Gasteiger charge is -2.37. The van der Waals surface area contributed by atoms with Crippen LogP contribution in [0, 0.1) is 6.92 Å². The standard InChI is InChI=1S/C33H39N3O6/c1-20-26(31(38)39)16-29(34(20)5)27-14-22-11-12-35(32(40)42-33(2,3)4)17-24(22)15-28(27)30(37)36-18-23-10-8-7-9-21(23)13-25(36)19-41-6/h7-10,14-16,25H,11-13,17-19H2,1-6H3,(H,38,39)/t25-/m0/s1. The molecule has 0 saturated heterocycles. The van der Waals surface area contributed by atoms with Crippen LogP contribution in [0.2, 0.25) is 0 Å². The molecule has 0 spiro atoms. The number of carbonyl (C=O) groups is 3. The maximum atomic E-state index is 14.6. The van der Waals surface area contributed by atoms with Crippen LogP contribution in [0.1, 0.15) is 69.4 Å². The van der Waals surface area contributed by atoms with Gasteiger partial charge in [-0.1, -0.05) is 24.3 Å². The average molecular weight is 574 g/mol. The SMILES string of the molecule is COC[C@@H]1Cc2ccccc2CN1C(=O)c1cc2c(cc1-c1cc(C(=O)O)c(C)n1C)CCN(C(=O)OC(C)(C)C)C2. The first-order valence-corrected chi connectivity index (χ1v) is 14.3. The van der Waals surface area contributed by atoms with Crippen molar-refractivity contribution < 1.29 is 29.0 Å². The predicted molar refractivity (Wildman–Crippen MR) is 159 cm³/mol. The van der Waals surface area contributed by atoms with Crippen LogP contribution < -0.4 is 0 Å². The highest BCUT2D eigenvalue weighted by Gasteiger charge is 2.34. The predicted octanol–water partition coefficient (Wildman–Crippen LogP) is 5.21. The van der Waals surface area contributed by atoms with Crippen molar-refractivity contribution in [1.29, 1.82) is 0 Å². The molecule has 3 aromatic rings. The molecule has 0 unspecified atom stereocenters. The first-order chi connectivity index (χ1) is 19.9. The quantitative estimate of drug-likeness (QED) is 0.450. The number of carboxylic acids is 1. The Balaban J connectivity index is 1.61. The largest absolute Gasteiger partial charge is 0.478 e. The average Bonchev–Trinajstić information content (AvgIpc) is 3.24. The number of aromatic nitrogens is 1. The minimum absolute atomic E-state index is 0.158. The molecule has 1 aromatic heterocycles. The smallest absolute Gasteiger partial charge is 0.410 e. The van der Waals surface area contributed by atoms with Crippen LogP contribution in [-0.2, 0) is 42.5 Å². The Morgan fingerprint density at radius 1 is 0.976 bits per heavy atom. The zero-order valence-electron chi connectivity index (χ0n) is 25.2. The molecule has 2 aliphatic heterocycles. The monoisotopic (exact) mass is 573 g/mol. The summed E-state index contributed by atoms with van der Waals surface area (Å²) in [5.74, 6) is -1.17. The number of carbonyl (C=O) groups excluding carboxylic acids is 2. The molecule has 3 heterocycles. The minimum atomic E-state index is -1.01. The summed E-state index contributed by atoms with van der Waals surface area (Å²) in [6.45, 7) is 8.92. The van der Waals surface area contributed by atoms with Gasteiger partial charge in [-0.05, 0) is 81.0 Å². The highest BCUT2D eigenvalue weighted by atomic mass is 16.6. The number of rotatable bonds is 5. The molecule has 0 radical (unpaired) electrons. The van der Waals surface area contributed by atoms with Gasteiger partial charge in [0.15, 0.2) is 0 Å². The topological polar surface area (TPSA) is 101 Å². The van der Waals surface area contributed by atoms with Gasteiger partial charge in [0.2, 0.25) is 0 Å². The lowest BCUT2D eigenvalue weighted by molar-refractivity contribution is 0.0223. The Kier molecular flexibility index (Phi) is 7.90. The number of hydrogen-bond donors (Lipinski definition) is 1. The zero-order valence-corrected chi connectivity index (χ0v) is 25.2. The van der Waals surface area contributed by atoms with E-state index in [4.69, 9.17) is 9.47 Å². The van der Waals surface area contributed by atoms with Crippen LogP contribution >= 0.6 is 0 Å². The van der Waals surface area contributed by atoms with Crippen LogP contribution in [0.3, 0.4) is 0 Å². The van der Waals surface area contributed by atoms with E-state index in [2.05, 4.69) is 6.07 Å². The molecule has 0 aliphatic carbocycles. The number of hydrogen-bond acceptors (Lipinski definition) is 5. The maximum Gasteiger partial charge on any atom is 0.410 e. The minimum Gasteiger partial charge on any atom is -0.478 e. The Morgan fingerprint density at radius 2 is 1.69 bits per heavy atom. The summed E-state index contributed by atoms with van der Waals surface area (Å²) in [7, 11) is 3.46. The van der Waals surface area contributed by atoms with Crippen LogP contribution in [0.4, 0.5) is 4.79 Å². The summed E-state index contributed by atoms with van der Waals surface area (Å²) in [5, 5.41) is 9.82. The number of methoxy groups -OCH3 is 1. The summed E-state index contributed by atoms with van der Waals surface area (Å²) < 4.78 is 13.0. The van der Waals surface area contributed by atoms with Crippen molar-refractivity contribution in [3.05, 3.63) is 81.5 Å². The molecule has 0 bridgehead atoms. The molecule has 222 valence electrons. The summed E-state index contributed by atoms with van der Waals surface area (Å²) in [5.41, 5.74) is 6.19. The van der Waals surface area contributed by atoms with Gasteiger partial charge in [-0.25, -0.2) is 9.59 Å². The number of benzene rings is 2. The summed E-state index contributed by atoms with van der Waals surface area (Å²) in [6, 6.07) is 13.5. The fourth-order valence-corrected chi connectivity index (χ4v) is 5.98. The third-order valence-electron chi connectivity index (χ3n) is 8.25. The first-order valence-electron chi connectivity index (χ1n) is 14.3. The van der Waals surface area contributed by atoms with E-state index in [1.54, 1.807) is 25.0 Å². The molecule has 2 aromatic carbocycles. The molecule has 1 N–H and O–H groups in total. The van der Waals surface area contributed by atoms with E-state index in [1.165, 1.54) is 5.56 Å². The normalized spacial score (nSPS) is 16.6. The molecule has 0 saturated carbocycles. The Labute approximate surface area is 246 Å². The van der Waals surface area contributed by atoms with Crippen molar-refractivity contribution in [2.24, 2.45) is 7.05 Å². The van der Waals surface area contributed by atoms with Gasteiger partial charge in [-0.3, -0.25) is 4.79 Å². The number of ether oxygens (including phenoxy) is 2. The Bertz CT molecular complexity index is 1550. The van der Waals surface area contributed by atoms with E-state index in [0.29, 0.717) is 61.6 Å². The van der Waals surface area contributed by atoms with E-state index in [1.807, 2.05) is 67.6 Å². The van der Waals surface area contributed by atoms with E-state index >= 15 is 0 Å². The summed E-state index contributed by atoms with van der Waals surface area (Å²) in [6.07, 6.45) is 0.880. The molecule has 9 heteroatoms. The van der Waals surface area contributed by atoms with Crippen molar-refractivity contribution in [3.8, 4) is 11.3 Å². The van der Waals surface area contributed by atoms with Gasteiger partial charge in [-0.15, -0.1) is 0 Å². The Morgan fingerprint density at radius 3 is 2.33 bits per heavy atom. The van der Waals surface area contributed by atoms with Gasteiger partial charge in [0, 0.05) is 56.3 Å². The molecule has 2 amide bonds. The lowest BCUT2D eigenvalue weighted by Crippen LogP contribution is -2.47. The summed E-state index contributed by atoms with van der Waals surface area (Å²) >= 11 is 0. The fourth-order valence-electron chi connectivity index (χ4n) is 5.98. The van der Waals surface area contributed by atoms with Gasteiger partial charge >= 0.3 is 12.1 Å². The zero-order chi connectivity index (χ0) is 30.3. The van der Waals surface area contributed by atoms with Crippen LogP contribution in [0.5, 0.6) is 0 Å². The molecule has 42 heavy (non-hydrogen) atoms. The second kappa shape index (κ2) is 11.3. The van der Waals surface area contributed by atoms with Crippen LogP contribution in [-0.4, -0.2) is 69.3 Å². The van der Waals surface area contributed by atoms with Crippen molar-refractivity contribution in [2.75, 3.05) is 20.3 Å². The number of fused-ring (bicyclic) bond motifs is 2. The third kappa shape index (κ3) is 5.66. The van der Waals surface area contributed by atoms with Gasteiger partial charge in [0.25, 0.3) is 5.91 Å². The fraction of sp³-hybridized carbons (Fsp3) is 0.424. The molecule has 2 aliphatic rings. The highest BCUT2D eigenvalue weighted by Crippen LogP contribution is 2.35. The number of aromatic carboxylic acids is 1.